The molecule has 0 aliphatic carbocycles. The third-order valence-electron chi connectivity index (χ3n) is 2.68. The van der Waals surface area contributed by atoms with Crippen LogP contribution in [-0.2, 0) is 11.3 Å². The van der Waals surface area contributed by atoms with Crippen LogP contribution in [-0.4, -0.2) is 31.4 Å². The van der Waals surface area contributed by atoms with Crippen LogP contribution in [0, 0.1) is 6.92 Å². The van der Waals surface area contributed by atoms with Crippen molar-refractivity contribution in [1.29, 1.82) is 0 Å². The highest BCUT2D eigenvalue weighted by atomic mass is 16.2. The summed E-state index contributed by atoms with van der Waals surface area (Å²) in [5.74, 6) is 0.178. The van der Waals surface area contributed by atoms with Gasteiger partial charge in [0.2, 0.25) is 5.91 Å². The summed E-state index contributed by atoms with van der Waals surface area (Å²) in [6, 6.07) is 8.16. The second-order valence-electron chi connectivity index (χ2n) is 4.03. The van der Waals surface area contributed by atoms with E-state index in [9.17, 15) is 4.79 Å². The molecular weight excluding hydrogens is 200 g/mol. The molecule has 0 heterocycles. The molecule has 0 aliphatic rings. The number of aryl methyl sites for hydroxylation is 1. The van der Waals surface area contributed by atoms with Crippen LogP contribution >= 0.6 is 0 Å². The van der Waals surface area contributed by atoms with Crippen molar-refractivity contribution in [1.82, 2.24) is 10.2 Å². The monoisotopic (exact) mass is 220 g/mol. The Hall–Kier alpha value is -1.35. The number of hydrogen-bond donors (Lipinski definition) is 1. The summed E-state index contributed by atoms with van der Waals surface area (Å²) in [4.78, 5) is 13.5. The van der Waals surface area contributed by atoms with Crippen molar-refractivity contribution in [2.75, 3.05) is 20.6 Å². The second kappa shape index (κ2) is 6.28. The van der Waals surface area contributed by atoms with E-state index in [1.54, 1.807) is 4.90 Å². The van der Waals surface area contributed by atoms with E-state index < -0.39 is 0 Å². The van der Waals surface area contributed by atoms with E-state index >= 15 is 0 Å². The number of nitrogens with zero attached hydrogens (tertiary/aromatic N) is 1. The van der Waals surface area contributed by atoms with E-state index in [2.05, 4.69) is 24.4 Å². The summed E-state index contributed by atoms with van der Waals surface area (Å²) in [6.07, 6.45) is 0.554. The van der Waals surface area contributed by atoms with Crippen LogP contribution in [0.5, 0.6) is 0 Å². The first-order valence-corrected chi connectivity index (χ1v) is 5.58. The zero-order chi connectivity index (χ0) is 12.0. The molecule has 0 aliphatic heterocycles. The molecule has 0 radical (unpaired) electrons. The number of carbonyl (C=O) groups excluding carboxylic acids is 1. The van der Waals surface area contributed by atoms with E-state index in [0.717, 1.165) is 6.54 Å². The van der Waals surface area contributed by atoms with Crippen LogP contribution in [0.2, 0.25) is 0 Å². The Balaban J connectivity index is 2.54. The largest absolute Gasteiger partial charge is 0.341 e. The normalized spacial score (nSPS) is 10.2. The first-order valence-electron chi connectivity index (χ1n) is 5.58. The predicted octanol–water partition coefficient (Wildman–Crippen LogP) is 1.56. The topological polar surface area (TPSA) is 32.3 Å². The Morgan fingerprint density at radius 1 is 1.38 bits per heavy atom. The lowest BCUT2D eigenvalue weighted by Crippen LogP contribution is -2.28. The van der Waals surface area contributed by atoms with Crippen LogP contribution in [0.3, 0.4) is 0 Å². The lowest BCUT2D eigenvalue weighted by Gasteiger charge is -2.18. The van der Waals surface area contributed by atoms with Crippen LogP contribution in [0.4, 0.5) is 0 Å². The minimum atomic E-state index is 0.178. The molecule has 1 rings (SSSR count). The van der Waals surface area contributed by atoms with Crippen molar-refractivity contribution in [2.24, 2.45) is 0 Å². The van der Waals surface area contributed by atoms with E-state index in [1.165, 1.54) is 11.1 Å². The van der Waals surface area contributed by atoms with Gasteiger partial charge in [-0.1, -0.05) is 24.3 Å². The Kier molecular flexibility index (Phi) is 4.99. The number of nitrogens with one attached hydrogen (secondary N) is 1. The molecule has 0 atom stereocenters. The third kappa shape index (κ3) is 3.66. The lowest BCUT2D eigenvalue weighted by molar-refractivity contribution is -0.130. The molecular formula is C13H20N2O. The highest BCUT2D eigenvalue weighted by molar-refractivity contribution is 5.76. The Bertz CT molecular complexity index is 350. The highest BCUT2D eigenvalue weighted by Crippen LogP contribution is 2.09. The van der Waals surface area contributed by atoms with Crippen molar-refractivity contribution >= 4 is 5.91 Å². The quantitative estimate of drug-likeness (QED) is 0.817. The molecule has 16 heavy (non-hydrogen) atoms. The van der Waals surface area contributed by atoms with Gasteiger partial charge in [0, 0.05) is 26.6 Å². The van der Waals surface area contributed by atoms with Gasteiger partial charge in [0.05, 0.1) is 0 Å². The first-order chi connectivity index (χ1) is 7.65. The van der Waals surface area contributed by atoms with Gasteiger partial charge in [0.15, 0.2) is 0 Å². The van der Waals surface area contributed by atoms with Gasteiger partial charge in [-0.05, 0) is 25.1 Å². The van der Waals surface area contributed by atoms with Crippen molar-refractivity contribution in [3.05, 3.63) is 35.4 Å². The van der Waals surface area contributed by atoms with Gasteiger partial charge < -0.3 is 10.2 Å². The fourth-order valence-electron chi connectivity index (χ4n) is 1.55. The van der Waals surface area contributed by atoms with Gasteiger partial charge >= 0.3 is 0 Å². The molecule has 0 fully saturated rings. The summed E-state index contributed by atoms with van der Waals surface area (Å²) in [7, 11) is 3.71. The Labute approximate surface area is 97.5 Å². The summed E-state index contributed by atoms with van der Waals surface area (Å²) in [6.45, 7) is 3.49. The van der Waals surface area contributed by atoms with Crippen molar-refractivity contribution < 1.29 is 4.79 Å². The molecule has 0 bridgehead atoms. The van der Waals surface area contributed by atoms with Gasteiger partial charge in [0.25, 0.3) is 0 Å². The number of amides is 1. The molecule has 0 aromatic heterocycles. The number of hydrogen-bond acceptors (Lipinski definition) is 2. The van der Waals surface area contributed by atoms with E-state index in [1.807, 2.05) is 26.2 Å². The number of benzene rings is 1. The average Bonchev–Trinajstić information content (AvgIpc) is 2.28. The van der Waals surface area contributed by atoms with E-state index in [4.69, 9.17) is 0 Å². The molecule has 0 unspecified atom stereocenters. The summed E-state index contributed by atoms with van der Waals surface area (Å²) in [5.41, 5.74) is 2.44. The zero-order valence-corrected chi connectivity index (χ0v) is 10.3. The molecule has 1 amide bonds. The second-order valence-corrected chi connectivity index (χ2v) is 4.03. The molecule has 1 aromatic rings. The van der Waals surface area contributed by atoms with Gasteiger partial charge in [-0.3, -0.25) is 4.79 Å². The van der Waals surface area contributed by atoms with Crippen LogP contribution < -0.4 is 5.32 Å². The van der Waals surface area contributed by atoms with Crippen LogP contribution in [0.25, 0.3) is 0 Å². The fraction of sp³-hybridized carbons (Fsp3) is 0.462. The molecule has 0 saturated carbocycles. The maximum atomic E-state index is 11.7. The fourth-order valence-corrected chi connectivity index (χ4v) is 1.55. The maximum Gasteiger partial charge on any atom is 0.223 e. The van der Waals surface area contributed by atoms with E-state index in [-0.39, 0.29) is 5.91 Å². The minimum absolute atomic E-state index is 0.178. The van der Waals surface area contributed by atoms with Crippen molar-refractivity contribution in [3.63, 3.8) is 0 Å². The molecule has 88 valence electrons. The SMILES string of the molecule is CNCCC(=O)N(C)Cc1ccccc1C. The Morgan fingerprint density at radius 3 is 2.69 bits per heavy atom. The molecule has 3 nitrogen and oxygen atoms in total. The zero-order valence-electron chi connectivity index (χ0n) is 10.3. The minimum Gasteiger partial charge on any atom is -0.341 e. The summed E-state index contributed by atoms with van der Waals surface area (Å²) < 4.78 is 0. The summed E-state index contributed by atoms with van der Waals surface area (Å²) >= 11 is 0. The highest BCUT2D eigenvalue weighted by Gasteiger charge is 2.09. The molecule has 0 saturated heterocycles. The first kappa shape index (κ1) is 12.7. The third-order valence-corrected chi connectivity index (χ3v) is 2.68. The van der Waals surface area contributed by atoms with Gasteiger partial charge in [0.1, 0.15) is 0 Å². The van der Waals surface area contributed by atoms with Gasteiger partial charge in [-0.2, -0.15) is 0 Å². The molecule has 1 aromatic carbocycles. The van der Waals surface area contributed by atoms with Crippen LogP contribution in [0.1, 0.15) is 17.5 Å². The average molecular weight is 220 g/mol. The van der Waals surface area contributed by atoms with Gasteiger partial charge in [-0.15, -0.1) is 0 Å². The smallest absolute Gasteiger partial charge is 0.223 e. The van der Waals surface area contributed by atoms with Crippen molar-refractivity contribution in [3.8, 4) is 0 Å². The lowest BCUT2D eigenvalue weighted by atomic mass is 10.1. The molecule has 3 heteroatoms. The molecule has 1 N–H and O–H groups in total. The van der Waals surface area contributed by atoms with Crippen LogP contribution in [0.15, 0.2) is 24.3 Å². The number of carbonyl (C=O) groups is 1. The summed E-state index contributed by atoms with van der Waals surface area (Å²) in [5, 5.41) is 2.98. The molecule has 0 spiro atoms. The number of rotatable bonds is 5. The van der Waals surface area contributed by atoms with Gasteiger partial charge in [-0.25, -0.2) is 0 Å². The predicted molar refractivity (Wildman–Crippen MR) is 66.2 cm³/mol. The Morgan fingerprint density at radius 2 is 2.06 bits per heavy atom. The maximum absolute atomic E-state index is 11.7. The van der Waals surface area contributed by atoms with Crippen molar-refractivity contribution in [2.45, 2.75) is 19.9 Å². The van der Waals surface area contributed by atoms with E-state index in [0.29, 0.717) is 13.0 Å². The standard InChI is InChI=1S/C13H20N2O/c1-11-6-4-5-7-12(11)10-15(3)13(16)8-9-14-2/h4-7,14H,8-10H2,1-3H3.